The Bertz CT molecular complexity index is 132. The van der Waals surface area contributed by atoms with Crippen LogP contribution in [0, 0.1) is 0 Å². The zero-order chi connectivity index (χ0) is 8.62. The summed E-state index contributed by atoms with van der Waals surface area (Å²) in [6.45, 7) is 0.580. The summed E-state index contributed by atoms with van der Waals surface area (Å²) in [6, 6.07) is 0. The molecule has 0 aliphatic rings. The van der Waals surface area contributed by atoms with Crippen LogP contribution in [0.2, 0.25) is 0 Å². The molecule has 0 saturated heterocycles. The number of aliphatic hydroxyl groups is 1. The van der Waals surface area contributed by atoms with Gasteiger partial charge >= 0.3 is 10.4 Å². The van der Waals surface area contributed by atoms with Crippen molar-refractivity contribution in [2.24, 2.45) is 5.84 Å². The number of nitrogens with one attached hydrogen (secondary N) is 1. The van der Waals surface area contributed by atoms with Crippen molar-refractivity contribution in [2.45, 2.75) is 0 Å². The minimum absolute atomic E-state index is 0.108. The zero-order valence-corrected chi connectivity index (χ0v) is 5.87. The highest BCUT2D eigenvalue weighted by molar-refractivity contribution is 7.79. The molecule has 0 aliphatic heterocycles. The van der Waals surface area contributed by atoms with E-state index in [1.54, 1.807) is 0 Å². The summed E-state index contributed by atoms with van der Waals surface area (Å²) in [4.78, 5) is 0. The van der Waals surface area contributed by atoms with Crippen molar-refractivity contribution in [1.29, 1.82) is 0 Å². The monoisotopic (exact) mass is 174 g/mol. The summed E-state index contributed by atoms with van der Waals surface area (Å²) in [5.41, 5.74) is 2.27. The van der Waals surface area contributed by atoms with Gasteiger partial charge in [-0.05, 0) is 0 Å². The molecule has 0 fully saturated rings. The molecule has 6 N–H and O–H groups in total. The molecule has 0 amide bonds. The molecule has 0 radical (unpaired) electrons. The highest BCUT2D eigenvalue weighted by atomic mass is 32.3. The van der Waals surface area contributed by atoms with E-state index in [1.807, 2.05) is 0 Å². The average Bonchev–Trinajstić information content (AvgIpc) is 1.63. The third-order valence-corrected chi connectivity index (χ3v) is 0.256. The van der Waals surface area contributed by atoms with E-state index >= 15 is 0 Å². The lowest BCUT2D eigenvalue weighted by atomic mass is 10.7. The van der Waals surface area contributed by atoms with E-state index in [-0.39, 0.29) is 6.61 Å². The molecule has 0 saturated carbocycles. The molecule has 0 rings (SSSR count). The molecule has 0 atom stereocenters. The van der Waals surface area contributed by atoms with Crippen LogP contribution in [0.5, 0.6) is 0 Å². The van der Waals surface area contributed by atoms with Gasteiger partial charge in [-0.2, -0.15) is 8.42 Å². The Labute approximate surface area is 58.4 Å². The highest BCUT2D eigenvalue weighted by Gasteiger charge is 1.84. The van der Waals surface area contributed by atoms with Crippen molar-refractivity contribution in [3.05, 3.63) is 0 Å². The van der Waals surface area contributed by atoms with E-state index in [0.29, 0.717) is 6.54 Å². The van der Waals surface area contributed by atoms with Crippen LogP contribution in [0.4, 0.5) is 0 Å². The van der Waals surface area contributed by atoms with E-state index in [0.717, 1.165) is 0 Å². The van der Waals surface area contributed by atoms with Crippen molar-refractivity contribution < 1.29 is 22.6 Å². The second kappa shape index (κ2) is 6.86. The third kappa shape index (κ3) is 115. The van der Waals surface area contributed by atoms with Crippen molar-refractivity contribution in [3.63, 3.8) is 0 Å². The van der Waals surface area contributed by atoms with Gasteiger partial charge in [-0.1, -0.05) is 0 Å². The minimum atomic E-state index is -4.67. The van der Waals surface area contributed by atoms with E-state index < -0.39 is 10.4 Å². The van der Waals surface area contributed by atoms with Crippen molar-refractivity contribution in [1.82, 2.24) is 5.43 Å². The van der Waals surface area contributed by atoms with Gasteiger partial charge in [0.05, 0.1) is 6.61 Å². The van der Waals surface area contributed by atoms with Gasteiger partial charge in [0.15, 0.2) is 0 Å². The van der Waals surface area contributed by atoms with Gasteiger partial charge in [-0.25, -0.2) is 0 Å². The lowest BCUT2D eigenvalue weighted by Crippen LogP contribution is -2.24. The maximum absolute atomic E-state index is 8.74. The summed E-state index contributed by atoms with van der Waals surface area (Å²) < 4.78 is 31.6. The standard InChI is InChI=1S/C2H8N2O.H2O4S/c3-4-1-2-5;1-5(2,3)4/h4-5H,1-3H2;(H2,1,2,3,4). The van der Waals surface area contributed by atoms with Gasteiger partial charge in [0.25, 0.3) is 0 Å². The molecule has 7 nitrogen and oxygen atoms in total. The lowest BCUT2D eigenvalue weighted by Gasteiger charge is -1.84. The van der Waals surface area contributed by atoms with E-state index in [2.05, 4.69) is 5.43 Å². The van der Waals surface area contributed by atoms with Crippen molar-refractivity contribution >= 4 is 10.4 Å². The van der Waals surface area contributed by atoms with Gasteiger partial charge in [-0.3, -0.25) is 20.4 Å². The second-order valence-electron chi connectivity index (χ2n) is 1.13. The quantitative estimate of drug-likeness (QED) is 0.182. The SMILES string of the molecule is NNCCO.O=S(=O)(O)O. The first kappa shape index (κ1) is 12.4. The lowest BCUT2D eigenvalue weighted by molar-refractivity contribution is 0.293. The molecule has 0 aromatic heterocycles. The summed E-state index contributed by atoms with van der Waals surface area (Å²) in [5.74, 6) is 4.73. The predicted octanol–water partition coefficient (Wildman–Crippen LogP) is -2.21. The summed E-state index contributed by atoms with van der Waals surface area (Å²) >= 11 is 0. The van der Waals surface area contributed by atoms with Gasteiger partial charge in [-0.15, -0.1) is 0 Å². The van der Waals surface area contributed by atoms with E-state index in [4.69, 9.17) is 28.5 Å². The van der Waals surface area contributed by atoms with Crippen LogP contribution >= 0.6 is 0 Å². The van der Waals surface area contributed by atoms with Gasteiger partial charge in [0.1, 0.15) is 0 Å². The Morgan fingerprint density at radius 1 is 1.40 bits per heavy atom. The molecule has 10 heavy (non-hydrogen) atoms. The first-order valence-electron chi connectivity index (χ1n) is 2.16. The summed E-state index contributed by atoms with van der Waals surface area (Å²) in [6.07, 6.45) is 0. The molecule has 0 aromatic rings. The molecular formula is C2H10N2O5S. The average molecular weight is 174 g/mol. The fourth-order valence-electron chi connectivity index (χ4n) is 0.0645. The minimum Gasteiger partial charge on any atom is -0.395 e. The first-order chi connectivity index (χ1) is 4.41. The fourth-order valence-corrected chi connectivity index (χ4v) is 0.0645. The zero-order valence-electron chi connectivity index (χ0n) is 5.06. The van der Waals surface area contributed by atoms with Gasteiger partial charge in [0.2, 0.25) is 0 Å². The largest absolute Gasteiger partial charge is 0.395 e. The molecule has 0 unspecified atom stereocenters. The smallest absolute Gasteiger partial charge is 0.394 e. The van der Waals surface area contributed by atoms with Crippen LogP contribution < -0.4 is 11.3 Å². The van der Waals surface area contributed by atoms with Crippen LogP contribution in [0.1, 0.15) is 0 Å². The van der Waals surface area contributed by atoms with Crippen LogP contribution in [0.3, 0.4) is 0 Å². The number of hydrogen-bond acceptors (Lipinski definition) is 5. The number of nitrogens with two attached hydrogens (primary N) is 1. The van der Waals surface area contributed by atoms with Crippen molar-refractivity contribution in [2.75, 3.05) is 13.2 Å². The Hall–Kier alpha value is -0.250. The topological polar surface area (TPSA) is 133 Å². The van der Waals surface area contributed by atoms with Gasteiger partial charge < -0.3 is 5.11 Å². The number of rotatable bonds is 2. The highest BCUT2D eigenvalue weighted by Crippen LogP contribution is 1.59. The molecule has 0 heterocycles. The fraction of sp³-hybridized carbons (Fsp3) is 1.00. The second-order valence-corrected chi connectivity index (χ2v) is 2.02. The molecule has 0 aromatic carbocycles. The first-order valence-corrected chi connectivity index (χ1v) is 3.55. The number of hydrazine groups is 1. The number of hydrogen-bond donors (Lipinski definition) is 5. The molecule has 64 valence electrons. The molecule has 8 heteroatoms. The van der Waals surface area contributed by atoms with Crippen LogP contribution in [0.25, 0.3) is 0 Å². The Morgan fingerprint density at radius 2 is 1.70 bits per heavy atom. The Balaban J connectivity index is 0. The summed E-state index contributed by atoms with van der Waals surface area (Å²) in [5, 5.41) is 7.92. The molecular weight excluding hydrogens is 164 g/mol. The van der Waals surface area contributed by atoms with E-state index in [9.17, 15) is 0 Å². The normalized spacial score (nSPS) is 10.0. The third-order valence-electron chi connectivity index (χ3n) is 0.256. The predicted molar refractivity (Wildman–Crippen MR) is 33.5 cm³/mol. The summed E-state index contributed by atoms with van der Waals surface area (Å²) in [7, 11) is -4.67. The maximum Gasteiger partial charge on any atom is 0.394 e. The van der Waals surface area contributed by atoms with Crippen LogP contribution in [0.15, 0.2) is 0 Å². The van der Waals surface area contributed by atoms with Crippen LogP contribution in [-0.2, 0) is 10.4 Å². The molecule has 0 bridgehead atoms. The maximum atomic E-state index is 8.74. The van der Waals surface area contributed by atoms with Gasteiger partial charge in [0, 0.05) is 6.54 Å². The molecule has 0 spiro atoms. The van der Waals surface area contributed by atoms with E-state index in [1.165, 1.54) is 0 Å². The number of aliphatic hydroxyl groups excluding tert-OH is 1. The van der Waals surface area contributed by atoms with Crippen LogP contribution in [-0.4, -0.2) is 35.8 Å². The Morgan fingerprint density at radius 3 is 1.70 bits per heavy atom. The molecule has 0 aliphatic carbocycles. The van der Waals surface area contributed by atoms with Crippen molar-refractivity contribution in [3.8, 4) is 0 Å². The Kier molecular flexibility index (Phi) is 8.53.